The van der Waals surface area contributed by atoms with Crippen molar-refractivity contribution < 1.29 is 14.0 Å². The highest BCUT2D eigenvalue weighted by molar-refractivity contribution is 6.06. The van der Waals surface area contributed by atoms with Gasteiger partial charge in [-0.05, 0) is 46.7 Å². The molecule has 0 aliphatic carbocycles. The maximum absolute atomic E-state index is 14.3. The van der Waals surface area contributed by atoms with Gasteiger partial charge in [-0.3, -0.25) is 14.6 Å². The highest BCUT2D eigenvalue weighted by Gasteiger charge is 2.43. The first kappa shape index (κ1) is 18.9. The summed E-state index contributed by atoms with van der Waals surface area (Å²) in [6.07, 6.45) is 1.71. The van der Waals surface area contributed by atoms with E-state index >= 15 is 0 Å². The Kier molecular flexibility index (Phi) is 4.21. The van der Waals surface area contributed by atoms with Crippen LogP contribution in [0.25, 0.3) is 32.8 Å². The number of benzene rings is 3. The van der Waals surface area contributed by atoms with E-state index in [2.05, 4.69) is 10.3 Å². The number of carbonyl (C=O) groups excluding carboxylic acids is 2. The van der Waals surface area contributed by atoms with Crippen molar-refractivity contribution in [3.63, 3.8) is 0 Å². The van der Waals surface area contributed by atoms with E-state index in [0.29, 0.717) is 25.2 Å². The molecule has 1 N–H and O–H groups in total. The van der Waals surface area contributed by atoms with Gasteiger partial charge in [-0.2, -0.15) is 0 Å². The number of nitrogens with zero attached hydrogens (tertiary/aromatic N) is 2. The van der Waals surface area contributed by atoms with E-state index in [9.17, 15) is 14.0 Å². The van der Waals surface area contributed by atoms with Crippen LogP contribution in [-0.4, -0.2) is 41.3 Å². The fraction of sp³-hybridized carbons (Fsp3) is 0.192. The second kappa shape index (κ2) is 7.12. The summed E-state index contributed by atoms with van der Waals surface area (Å²) in [4.78, 5) is 31.3. The summed E-state index contributed by atoms with van der Waals surface area (Å²) >= 11 is 0. The molecule has 4 aromatic rings. The highest BCUT2D eigenvalue weighted by Crippen LogP contribution is 2.35. The quantitative estimate of drug-likeness (QED) is 0.528. The van der Waals surface area contributed by atoms with Gasteiger partial charge in [0.25, 0.3) is 5.91 Å². The summed E-state index contributed by atoms with van der Waals surface area (Å²) in [7, 11) is 0. The summed E-state index contributed by atoms with van der Waals surface area (Å²) in [5, 5.41) is 5.45. The number of halogens is 1. The molecule has 0 unspecified atom stereocenters. The zero-order valence-electron chi connectivity index (χ0n) is 17.2. The topological polar surface area (TPSA) is 62.3 Å². The summed E-state index contributed by atoms with van der Waals surface area (Å²) in [6.45, 7) is 1.71. The van der Waals surface area contributed by atoms with Crippen molar-refractivity contribution in [1.82, 2.24) is 15.2 Å². The number of pyridine rings is 1. The minimum Gasteiger partial charge on any atom is -0.355 e. The van der Waals surface area contributed by atoms with Crippen LogP contribution in [0.5, 0.6) is 0 Å². The van der Waals surface area contributed by atoms with Gasteiger partial charge < -0.3 is 10.2 Å². The minimum absolute atomic E-state index is 0.0457. The van der Waals surface area contributed by atoms with Crippen LogP contribution in [0.15, 0.2) is 66.9 Å². The van der Waals surface area contributed by atoms with E-state index in [1.807, 2.05) is 42.5 Å². The molecule has 2 saturated heterocycles. The molecular weight excluding hydrogens is 405 g/mol. The number of fused-ring (bicyclic) bond motifs is 3. The van der Waals surface area contributed by atoms with Crippen molar-refractivity contribution in [3.8, 4) is 11.1 Å². The summed E-state index contributed by atoms with van der Waals surface area (Å²) in [6, 6.07) is 18.1. The maximum atomic E-state index is 14.3. The van der Waals surface area contributed by atoms with Crippen LogP contribution < -0.4 is 5.32 Å². The third kappa shape index (κ3) is 2.94. The fourth-order valence-electron chi connectivity index (χ4n) is 5.10. The Labute approximate surface area is 183 Å². The van der Waals surface area contributed by atoms with Gasteiger partial charge in [-0.25, -0.2) is 4.39 Å². The van der Waals surface area contributed by atoms with Gasteiger partial charge >= 0.3 is 0 Å². The predicted octanol–water partition coefficient (Wildman–Crippen LogP) is 4.01. The molecule has 6 heteroatoms. The summed E-state index contributed by atoms with van der Waals surface area (Å²) < 4.78 is 14.3. The van der Waals surface area contributed by atoms with Gasteiger partial charge in [0.15, 0.2) is 0 Å². The minimum atomic E-state index is -0.312. The Morgan fingerprint density at radius 2 is 1.88 bits per heavy atom. The molecule has 2 aliphatic rings. The lowest BCUT2D eigenvalue weighted by atomic mass is 9.95. The van der Waals surface area contributed by atoms with Crippen molar-refractivity contribution in [3.05, 3.63) is 78.2 Å². The molecular formula is C26H20FN3O2. The van der Waals surface area contributed by atoms with Gasteiger partial charge in [0.2, 0.25) is 5.91 Å². The van der Waals surface area contributed by atoms with Crippen molar-refractivity contribution in [1.29, 1.82) is 0 Å². The van der Waals surface area contributed by atoms with Gasteiger partial charge in [0.1, 0.15) is 5.82 Å². The molecule has 0 saturated carbocycles. The molecule has 6 rings (SSSR count). The number of carbonyl (C=O) groups is 2. The lowest BCUT2D eigenvalue weighted by Crippen LogP contribution is -2.33. The number of rotatable bonds is 2. The van der Waals surface area contributed by atoms with Crippen molar-refractivity contribution in [2.24, 2.45) is 11.8 Å². The van der Waals surface area contributed by atoms with Gasteiger partial charge in [0.05, 0.1) is 11.4 Å². The van der Waals surface area contributed by atoms with Crippen LogP contribution in [0.2, 0.25) is 0 Å². The predicted molar refractivity (Wildman–Crippen MR) is 121 cm³/mol. The monoisotopic (exact) mass is 425 g/mol. The average Bonchev–Trinajstić information content (AvgIpc) is 3.39. The summed E-state index contributed by atoms with van der Waals surface area (Å²) in [5.41, 5.74) is 2.93. The molecule has 3 aromatic carbocycles. The Balaban J connectivity index is 1.40. The van der Waals surface area contributed by atoms with Crippen LogP contribution in [0.4, 0.5) is 4.39 Å². The molecule has 0 spiro atoms. The molecule has 2 atom stereocenters. The molecule has 2 fully saturated rings. The van der Waals surface area contributed by atoms with Gasteiger partial charge in [0, 0.05) is 48.3 Å². The van der Waals surface area contributed by atoms with E-state index in [1.165, 1.54) is 12.1 Å². The van der Waals surface area contributed by atoms with E-state index in [0.717, 1.165) is 32.8 Å². The van der Waals surface area contributed by atoms with Crippen molar-refractivity contribution >= 4 is 33.5 Å². The van der Waals surface area contributed by atoms with Crippen LogP contribution in [0.3, 0.4) is 0 Å². The fourth-order valence-corrected chi connectivity index (χ4v) is 5.10. The lowest BCUT2D eigenvalue weighted by molar-refractivity contribution is -0.122. The molecule has 2 aliphatic heterocycles. The van der Waals surface area contributed by atoms with E-state index in [-0.39, 0.29) is 29.5 Å². The Morgan fingerprint density at radius 1 is 1.00 bits per heavy atom. The molecule has 158 valence electrons. The third-order valence-electron chi connectivity index (χ3n) is 6.69. The summed E-state index contributed by atoms with van der Waals surface area (Å²) in [5.74, 6) is -0.221. The zero-order chi connectivity index (χ0) is 21.8. The van der Waals surface area contributed by atoms with Crippen molar-refractivity contribution in [2.75, 3.05) is 19.6 Å². The maximum Gasteiger partial charge on any atom is 0.253 e. The molecule has 0 radical (unpaired) electrons. The van der Waals surface area contributed by atoms with Crippen LogP contribution in [0.1, 0.15) is 10.4 Å². The number of hydrogen-bond acceptors (Lipinski definition) is 3. The Morgan fingerprint density at radius 3 is 2.75 bits per heavy atom. The lowest BCUT2D eigenvalue weighted by Gasteiger charge is -2.18. The van der Waals surface area contributed by atoms with E-state index in [4.69, 9.17) is 0 Å². The number of likely N-dealkylation sites (tertiary alicyclic amines) is 1. The molecule has 3 heterocycles. The number of nitrogens with one attached hydrogen (secondary N) is 1. The first-order valence-corrected chi connectivity index (χ1v) is 10.7. The third-order valence-corrected chi connectivity index (χ3v) is 6.69. The molecule has 5 nitrogen and oxygen atoms in total. The number of aromatic nitrogens is 1. The number of amides is 2. The van der Waals surface area contributed by atoms with Crippen LogP contribution in [-0.2, 0) is 4.79 Å². The molecule has 0 bridgehead atoms. The average molecular weight is 425 g/mol. The van der Waals surface area contributed by atoms with E-state index < -0.39 is 0 Å². The van der Waals surface area contributed by atoms with Crippen LogP contribution in [0, 0.1) is 17.7 Å². The van der Waals surface area contributed by atoms with Gasteiger partial charge in [-0.15, -0.1) is 0 Å². The first-order chi connectivity index (χ1) is 15.6. The highest BCUT2D eigenvalue weighted by atomic mass is 19.1. The first-order valence-electron chi connectivity index (χ1n) is 10.7. The Hall–Kier alpha value is -3.80. The SMILES string of the molecule is O=C1NC[C@H]2CN(C(=O)c3ccc4c(-c5cc(F)cc6cccnc56)cccc4c3)C[C@@H]12. The zero-order valence-corrected chi connectivity index (χ0v) is 17.2. The molecule has 32 heavy (non-hydrogen) atoms. The standard InChI is InChI=1S/C26H20FN3O2/c27-19-10-16-4-2-8-28-24(16)22(11-19)21-5-1-3-15-9-17(6-7-20(15)21)26(32)30-13-18-12-29-25(31)23(18)14-30/h1-11,18,23H,12-14H2,(H,29,31)/t18-,23+/m0/s1. The van der Waals surface area contributed by atoms with E-state index in [1.54, 1.807) is 17.2 Å². The molecule has 1 aromatic heterocycles. The number of hydrogen-bond donors (Lipinski definition) is 1. The largest absolute Gasteiger partial charge is 0.355 e. The Bertz CT molecular complexity index is 1420. The second-order valence-corrected chi connectivity index (χ2v) is 8.59. The molecule has 2 amide bonds. The van der Waals surface area contributed by atoms with Gasteiger partial charge in [-0.1, -0.05) is 30.3 Å². The van der Waals surface area contributed by atoms with Crippen LogP contribution >= 0.6 is 0 Å². The second-order valence-electron chi connectivity index (χ2n) is 8.59. The van der Waals surface area contributed by atoms with Crippen molar-refractivity contribution in [2.45, 2.75) is 0 Å². The normalized spacial score (nSPS) is 20.0. The smallest absolute Gasteiger partial charge is 0.253 e.